The molecule has 1 amide bonds. The summed E-state index contributed by atoms with van der Waals surface area (Å²) in [6.45, 7) is 1.76. The number of likely N-dealkylation sites (tertiary alicyclic amines) is 1. The molecule has 92 valence electrons. The number of halogens is 1. The molecule has 1 aliphatic rings. The first-order valence-corrected chi connectivity index (χ1v) is 5.97. The second-order valence-corrected chi connectivity index (χ2v) is 4.45. The number of hydrogen-bond acceptors (Lipinski definition) is 2. The highest BCUT2D eigenvalue weighted by atomic mass is 19.1. The topological polar surface area (TPSA) is 46.3 Å². The van der Waals surface area contributed by atoms with Gasteiger partial charge in [0.15, 0.2) is 0 Å². The van der Waals surface area contributed by atoms with Gasteiger partial charge >= 0.3 is 0 Å². The van der Waals surface area contributed by atoms with Gasteiger partial charge in [-0.1, -0.05) is 18.6 Å². The monoisotopic (exact) mass is 236 g/mol. The maximum atomic E-state index is 12.9. The van der Waals surface area contributed by atoms with Crippen LogP contribution in [0.3, 0.4) is 0 Å². The second-order valence-electron chi connectivity index (χ2n) is 4.45. The highest BCUT2D eigenvalue weighted by molar-refractivity contribution is 5.81. The van der Waals surface area contributed by atoms with Crippen molar-refractivity contribution in [3.8, 4) is 0 Å². The van der Waals surface area contributed by atoms with Crippen LogP contribution in [0, 0.1) is 5.82 Å². The number of piperidine rings is 1. The predicted octanol–water partition coefficient (Wildman–Crippen LogP) is 1.84. The van der Waals surface area contributed by atoms with Crippen LogP contribution in [0.1, 0.15) is 30.9 Å². The molecule has 1 aromatic rings. The average Bonchev–Trinajstić information content (AvgIpc) is 2.33. The van der Waals surface area contributed by atoms with Crippen molar-refractivity contribution in [3.05, 3.63) is 35.6 Å². The molecular weight excluding hydrogens is 219 g/mol. The van der Waals surface area contributed by atoms with Crippen LogP contribution in [-0.4, -0.2) is 23.9 Å². The molecule has 1 aromatic carbocycles. The van der Waals surface area contributed by atoms with Crippen molar-refractivity contribution in [1.82, 2.24) is 4.90 Å². The van der Waals surface area contributed by atoms with Gasteiger partial charge < -0.3 is 5.73 Å². The Morgan fingerprint density at radius 2 is 1.76 bits per heavy atom. The minimum atomic E-state index is -0.420. The average molecular weight is 236 g/mol. The number of amides is 1. The van der Waals surface area contributed by atoms with Crippen LogP contribution in [-0.2, 0) is 4.79 Å². The molecule has 1 saturated heterocycles. The first kappa shape index (κ1) is 12.0. The first-order chi connectivity index (χ1) is 8.18. The SMILES string of the molecule is NC(=O)C(c1ccc(F)cc1)N1CCCCC1. The van der Waals surface area contributed by atoms with Gasteiger partial charge in [-0.15, -0.1) is 0 Å². The van der Waals surface area contributed by atoms with Gasteiger partial charge in [-0.05, 0) is 43.6 Å². The zero-order chi connectivity index (χ0) is 12.3. The third kappa shape index (κ3) is 2.82. The second kappa shape index (κ2) is 5.27. The van der Waals surface area contributed by atoms with Crippen LogP contribution >= 0.6 is 0 Å². The lowest BCUT2D eigenvalue weighted by atomic mass is 10.0. The standard InChI is InChI=1S/C13H17FN2O/c14-11-6-4-10(5-7-11)12(13(15)17)16-8-2-1-3-9-16/h4-7,12H,1-3,8-9H2,(H2,15,17). The number of rotatable bonds is 3. The maximum Gasteiger partial charge on any atom is 0.239 e. The van der Waals surface area contributed by atoms with Crippen molar-refractivity contribution >= 4 is 5.91 Å². The molecule has 1 heterocycles. The van der Waals surface area contributed by atoms with E-state index in [-0.39, 0.29) is 11.7 Å². The molecule has 17 heavy (non-hydrogen) atoms. The minimum absolute atomic E-state index is 0.296. The van der Waals surface area contributed by atoms with Gasteiger partial charge in [-0.3, -0.25) is 9.69 Å². The number of nitrogens with zero attached hydrogens (tertiary/aromatic N) is 1. The fourth-order valence-electron chi connectivity index (χ4n) is 2.38. The van der Waals surface area contributed by atoms with Crippen LogP contribution in [0.25, 0.3) is 0 Å². The summed E-state index contributed by atoms with van der Waals surface area (Å²) < 4.78 is 12.9. The lowest BCUT2D eigenvalue weighted by Gasteiger charge is -2.32. The van der Waals surface area contributed by atoms with Gasteiger partial charge in [0, 0.05) is 0 Å². The van der Waals surface area contributed by atoms with Gasteiger partial charge in [0.2, 0.25) is 5.91 Å². The van der Waals surface area contributed by atoms with Gasteiger partial charge in [-0.2, -0.15) is 0 Å². The molecule has 3 nitrogen and oxygen atoms in total. The largest absolute Gasteiger partial charge is 0.368 e. The van der Waals surface area contributed by atoms with E-state index < -0.39 is 6.04 Å². The highest BCUT2D eigenvalue weighted by Crippen LogP contribution is 2.24. The van der Waals surface area contributed by atoms with E-state index in [1.165, 1.54) is 18.6 Å². The Kier molecular flexibility index (Phi) is 3.74. The number of primary amides is 1. The van der Waals surface area contributed by atoms with E-state index in [1.54, 1.807) is 12.1 Å². The normalized spacial score (nSPS) is 18.9. The zero-order valence-corrected chi connectivity index (χ0v) is 9.73. The number of benzene rings is 1. The summed E-state index contributed by atoms with van der Waals surface area (Å²) >= 11 is 0. The Hall–Kier alpha value is -1.42. The van der Waals surface area contributed by atoms with Gasteiger partial charge in [-0.25, -0.2) is 4.39 Å². The highest BCUT2D eigenvalue weighted by Gasteiger charge is 2.26. The third-order valence-electron chi connectivity index (χ3n) is 3.21. The lowest BCUT2D eigenvalue weighted by Crippen LogP contribution is -2.40. The smallest absolute Gasteiger partial charge is 0.239 e. The molecular formula is C13H17FN2O. The molecule has 0 saturated carbocycles. The Balaban J connectivity index is 2.21. The summed E-state index contributed by atoms with van der Waals surface area (Å²) in [5.74, 6) is -0.658. The van der Waals surface area contributed by atoms with Crippen LogP contribution in [0.15, 0.2) is 24.3 Å². The van der Waals surface area contributed by atoms with E-state index >= 15 is 0 Å². The lowest BCUT2D eigenvalue weighted by molar-refractivity contribution is -0.123. The molecule has 1 unspecified atom stereocenters. The van der Waals surface area contributed by atoms with E-state index in [4.69, 9.17) is 5.73 Å². The van der Waals surface area contributed by atoms with Crippen molar-refractivity contribution < 1.29 is 9.18 Å². The summed E-state index contributed by atoms with van der Waals surface area (Å²) in [6.07, 6.45) is 3.38. The molecule has 0 spiro atoms. The number of carbonyl (C=O) groups excluding carboxylic acids is 1. The zero-order valence-electron chi connectivity index (χ0n) is 9.73. The molecule has 1 fully saturated rings. The number of hydrogen-bond donors (Lipinski definition) is 1. The van der Waals surface area contributed by atoms with E-state index in [0.717, 1.165) is 31.5 Å². The molecule has 2 rings (SSSR count). The van der Waals surface area contributed by atoms with Crippen molar-refractivity contribution in [1.29, 1.82) is 0 Å². The van der Waals surface area contributed by atoms with Gasteiger partial charge in [0.1, 0.15) is 11.9 Å². The summed E-state index contributed by atoms with van der Waals surface area (Å²) in [4.78, 5) is 13.7. The molecule has 0 aromatic heterocycles. The van der Waals surface area contributed by atoms with Gasteiger partial charge in [0.25, 0.3) is 0 Å². The van der Waals surface area contributed by atoms with E-state index in [1.807, 2.05) is 0 Å². The number of nitrogens with two attached hydrogens (primary N) is 1. The molecule has 0 aliphatic carbocycles. The Labute approximate surface area is 100 Å². The Bertz CT molecular complexity index is 385. The molecule has 1 aliphatic heterocycles. The molecule has 1 atom stereocenters. The van der Waals surface area contributed by atoms with Gasteiger partial charge in [0.05, 0.1) is 0 Å². The maximum absolute atomic E-state index is 12.9. The van der Waals surface area contributed by atoms with Crippen molar-refractivity contribution in [2.75, 3.05) is 13.1 Å². The molecule has 2 N–H and O–H groups in total. The predicted molar refractivity (Wildman–Crippen MR) is 63.8 cm³/mol. The Morgan fingerprint density at radius 1 is 1.18 bits per heavy atom. The van der Waals surface area contributed by atoms with E-state index in [9.17, 15) is 9.18 Å². The first-order valence-electron chi connectivity index (χ1n) is 5.97. The van der Waals surface area contributed by atoms with Crippen molar-refractivity contribution in [2.24, 2.45) is 5.73 Å². The van der Waals surface area contributed by atoms with Crippen molar-refractivity contribution in [3.63, 3.8) is 0 Å². The van der Waals surface area contributed by atoms with Crippen LogP contribution in [0.2, 0.25) is 0 Å². The van der Waals surface area contributed by atoms with E-state index in [2.05, 4.69) is 4.90 Å². The molecule has 0 bridgehead atoms. The van der Waals surface area contributed by atoms with Crippen LogP contribution < -0.4 is 5.73 Å². The Morgan fingerprint density at radius 3 is 2.29 bits per heavy atom. The summed E-state index contributed by atoms with van der Waals surface area (Å²) in [5, 5.41) is 0. The summed E-state index contributed by atoms with van der Waals surface area (Å²) in [7, 11) is 0. The van der Waals surface area contributed by atoms with Crippen LogP contribution in [0.4, 0.5) is 4.39 Å². The van der Waals surface area contributed by atoms with E-state index in [0.29, 0.717) is 0 Å². The summed E-state index contributed by atoms with van der Waals surface area (Å²) in [5.41, 5.74) is 6.24. The number of carbonyl (C=O) groups is 1. The minimum Gasteiger partial charge on any atom is -0.368 e. The fraction of sp³-hybridized carbons (Fsp3) is 0.462. The van der Waals surface area contributed by atoms with Crippen molar-refractivity contribution in [2.45, 2.75) is 25.3 Å². The van der Waals surface area contributed by atoms with Crippen LogP contribution in [0.5, 0.6) is 0 Å². The molecule has 4 heteroatoms. The molecule has 0 radical (unpaired) electrons. The quantitative estimate of drug-likeness (QED) is 0.870. The fourth-order valence-corrected chi connectivity index (χ4v) is 2.38. The third-order valence-corrected chi connectivity index (χ3v) is 3.21. The summed E-state index contributed by atoms with van der Waals surface area (Å²) in [6, 6.07) is 5.60.